The van der Waals surface area contributed by atoms with Crippen molar-refractivity contribution in [2.24, 2.45) is 0 Å². The molecule has 0 saturated heterocycles. The molecule has 7 nitrogen and oxygen atoms in total. The van der Waals surface area contributed by atoms with Gasteiger partial charge < -0.3 is 10.1 Å². The number of nitro groups is 1. The molecule has 11 heteroatoms. The summed E-state index contributed by atoms with van der Waals surface area (Å²) in [7, 11) is -3.83. The van der Waals surface area contributed by atoms with Gasteiger partial charge >= 0.3 is 5.82 Å². The minimum absolute atomic E-state index is 0.0730. The van der Waals surface area contributed by atoms with Crippen molar-refractivity contribution in [1.29, 1.82) is 0 Å². The zero-order valence-electron chi connectivity index (χ0n) is 15.6. The monoisotopic (exact) mass is 537 g/mol. The molecule has 2 aromatic heterocycles. The number of pyridine rings is 1. The molecular formula is C20H13BrClN3O4S2. The standard InChI is InChI=1S/C20H13BrClN3O4S2/c21-13-6-8-15(9-7-13)30-18-10-14(22)11-24-19(18)23-17(20(24)25(26)27)12-31(28,29)16-4-2-1-3-5-16/h1-11H,12H2. The Morgan fingerprint density at radius 1 is 1.13 bits per heavy atom. The lowest BCUT2D eigenvalue weighted by Gasteiger charge is -2.03. The zero-order chi connectivity index (χ0) is 22.2. The maximum Gasteiger partial charge on any atom is 0.352 e. The van der Waals surface area contributed by atoms with Gasteiger partial charge in [-0.05, 0) is 47.4 Å². The normalized spacial score (nSPS) is 11.7. The molecule has 0 unspecified atom stereocenters. The van der Waals surface area contributed by atoms with Crippen molar-refractivity contribution < 1.29 is 13.3 Å². The molecule has 0 radical (unpaired) electrons. The molecule has 0 aliphatic carbocycles. The summed E-state index contributed by atoms with van der Waals surface area (Å²) < 4.78 is 27.8. The SMILES string of the molecule is O=[N+]([O-])c1c(CS(=O)(=O)c2ccccc2)nc2c(Sc3ccc(Br)cc3)cc(Cl)cn12. The second-order valence-electron chi connectivity index (χ2n) is 6.48. The minimum Gasteiger partial charge on any atom is -0.358 e. The molecule has 0 aliphatic rings. The number of aromatic nitrogens is 2. The Hall–Kier alpha value is -2.40. The summed E-state index contributed by atoms with van der Waals surface area (Å²) in [5, 5.41) is 12.1. The van der Waals surface area contributed by atoms with Crippen LogP contribution in [-0.2, 0) is 15.6 Å². The quantitative estimate of drug-likeness (QED) is 0.228. The summed E-state index contributed by atoms with van der Waals surface area (Å²) in [5.41, 5.74) is 0.121. The maximum atomic E-state index is 12.8. The summed E-state index contributed by atoms with van der Waals surface area (Å²) in [6, 6.07) is 16.9. The van der Waals surface area contributed by atoms with Crippen molar-refractivity contribution in [2.75, 3.05) is 0 Å². The highest BCUT2D eigenvalue weighted by atomic mass is 79.9. The van der Waals surface area contributed by atoms with Crippen molar-refractivity contribution in [3.05, 3.63) is 92.2 Å². The van der Waals surface area contributed by atoms with Gasteiger partial charge in [0, 0.05) is 9.37 Å². The number of rotatable bonds is 6. The second-order valence-corrected chi connectivity index (χ2v) is 10.9. The summed E-state index contributed by atoms with van der Waals surface area (Å²) in [5.74, 6) is -1.02. The van der Waals surface area contributed by atoms with Crippen LogP contribution in [0.5, 0.6) is 0 Å². The first-order valence-electron chi connectivity index (χ1n) is 8.81. The van der Waals surface area contributed by atoms with E-state index in [-0.39, 0.29) is 21.3 Å². The van der Waals surface area contributed by atoms with E-state index < -0.39 is 26.3 Å². The van der Waals surface area contributed by atoms with E-state index in [0.717, 1.165) is 9.37 Å². The molecule has 31 heavy (non-hydrogen) atoms. The molecule has 2 heterocycles. The minimum atomic E-state index is -3.83. The van der Waals surface area contributed by atoms with Gasteiger partial charge in [-0.2, -0.15) is 4.40 Å². The van der Waals surface area contributed by atoms with E-state index in [0.29, 0.717) is 4.90 Å². The van der Waals surface area contributed by atoms with Crippen LogP contribution in [0.15, 0.2) is 86.0 Å². The van der Waals surface area contributed by atoms with Gasteiger partial charge in [-0.1, -0.05) is 57.5 Å². The molecule has 4 rings (SSSR count). The Morgan fingerprint density at radius 3 is 2.45 bits per heavy atom. The van der Waals surface area contributed by atoms with Crippen LogP contribution in [0.4, 0.5) is 5.82 Å². The van der Waals surface area contributed by atoms with E-state index >= 15 is 0 Å². The number of imidazole rings is 1. The van der Waals surface area contributed by atoms with Crippen molar-refractivity contribution in [2.45, 2.75) is 20.4 Å². The molecule has 0 N–H and O–H groups in total. The highest BCUT2D eigenvalue weighted by molar-refractivity contribution is 9.10. The Morgan fingerprint density at radius 2 is 1.81 bits per heavy atom. The molecule has 158 valence electrons. The van der Waals surface area contributed by atoms with Gasteiger partial charge in [0.15, 0.2) is 15.5 Å². The molecular weight excluding hydrogens is 526 g/mol. The van der Waals surface area contributed by atoms with Crippen molar-refractivity contribution in [3.63, 3.8) is 0 Å². The fourth-order valence-electron chi connectivity index (χ4n) is 3.00. The molecule has 0 atom stereocenters. The van der Waals surface area contributed by atoms with Gasteiger partial charge in [0.25, 0.3) is 0 Å². The Bertz CT molecular complexity index is 1390. The van der Waals surface area contributed by atoms with Crippen molar-refractivity contribution in [1.82, 2.24) is 9.38 Å². The third kappa shape index (κ3) is 4.62. The summed E-state index contributed by atoms with van der Waals surface area (Å²) in [6.45, 7) is 0. The molecule has 0 aliphatic heterocycles. The zero-order valence-corrected chi connectivity index (χ0v) is 19.6. The third-order valence-corrected chi connectivity index (χ3v) is 7.75. The van der Waals surface area contributed by atoms with E-state index in [4.69, 9.17) is 11.6 Å². The molecule has 4 aromatic rings. The number of halogens is 2. The van der Waals surface area contributed by atoms with Crippen LogP contribution in [0.25, 0.3) is 5.65 Å². The summed E-state index contributed by atoms with van der Waals surface area (Å²) in [4.78, 5) is 17.1. The van der Waals surface area contributed by atoms with E-state index in [9.17, 15) is 18.5 Å². The molecule has 0 saturated carbocycles. The lowest BCUT2D eigenvalue weighted by atomic mass is 10.4. The number of sulfone groups is 1. The number of benzene rings is 2. The fourth-order valence-corrected chi connectivity index (χ4v) is 5.78. The van der Waals surface area contributed by atoms with Crippen LogP contribution in [0.3, 0.4) is 0 Å². The largest absolute Gasteiger partial charge is 0.358 e. The number of nitrogens with zero attached hydrogens (tertiary/aromatic N) is 3. The lowest BCUT2D eigenvalue weighted by Crippen LogP contribution is -2.07. The first-order valence-corrected chi connectivity index (χ1v) is 12.4. The first kappa shape index (κ1) is 21.8. The van der Waals surface area contributed by atoms with E-state index in [2.05, 4.69) is 20.9 Å². The van der Waals surface area contributed by atoms with Crippen LogP contribution >= 0.6 is 39.3 Å². The van der Waals surface area contributed by atoms with Crippen LogP contribution in [-0.4, -0.2) is 22.7 Å². The van der Waals surface area contributed by atoms with Gasteiger partial charge in [0.2, 0.25) is 5.65 Å². The third-order valence-electron chi connectivity index (χ3n) is 4.34. The van der Waals surface area contributed by atoms with Gasteiger partial charge in [0.05, 0.1) is 14.8 Å². The first-order chi connectivity index (χ1) is 14.7. The van der Waals surface area contributed by atoms with Crippen LogP contribution in [0.2, 0.25) is 5.02 Å². The number of fused-ring (bicyclic) bond motifs is 1. The highest BCUT2D eigenvalue weighted by Gasteiger charge is 2.29. The van der Waals surface area contributed by atoms with Crippen LogP contribution in [0, 0.1) is 10.1 Å². The Kier molecular flexibility index (Phi) is 6.07. The molecule has 0 spiro atoms. The predicted molar refractivity (Wildman–Crippen MR) is 122 cm³/mol. The summed E-state index contributed by atoms with van der Waals surface area (Å²) >= 11 is 10.9. The average Bonchev–Trinajstić information content (AvgIpc) is 3.07. The number of hydrogen-bond acceptors (Lipinski definition) is 6. The van der Waals surface area contributed by atoms with E-state index in [1.165, 1.54) is 34.5 Å². The molecule has 0 amide bonds. The van der Waals surface area contributed by atoms with E-state index in [1.807, 2.05) is 24.3 Å². The van der Waals surface area contributed by atoms with Gasteiger partial charge in [-0.15, -0.1) is 0 Å². The predicted octanol–water partition coefficient (Wildman–Crippen LogP) is 5.78. The van der Waals surface area contributed by atoms with E-state index in [1.54, 1.807) is 24.3 Å². The number of hydrogen-bond donors (Lipinski definition) is 0. The molecule has 0 fully saturated rings. The topological polar surface area (TPSA) is 94.6 Å². The Labute approximate surface area is 195 Å². The smallest absolute Gasteiger partial charge is 0.352 e. The average molecular weight is 539 g/mol. The maximum absolute atomic E-state index is 12.8. The highest BCUT2D eigenvalue weighted by Crippen LogP contribution is 2.36. The molecule has 2 aromatic carbocycles. The van der Waals surface area contributed by atoms with Crippen molar-refractivity contribution in [3.8, 4) is 0 Å². The Balaban J connectivity index is 1.84. The van der Waals surface area contributed by atoms with Crippen LogP contribution < -0.4 is 0 Å². The van der Waals surface area contributed by atoms with Crippen LogP contribution in [0.1, 0.15) is 5.69 Å². The second kappa shape index (κ2) is 8.62. The fraction of sp³-hybridized carbons (Fsp3) is 0.0500. The molecule has 0 bridgehead atoms. The van der Waals surface area contributed by atoms with Gasteiger partial charge in [-0.3, -0.25) is 0 Å². The summed E-state index contributed by atoms with van der Waals surface area (Å²) in [6.07, 6.45) is 1.37. The van der Waals surface area contributed by atoms with Gasteiger partial charge in [-0.25, -0.2) is 13.4 Å². The van der Waals surface area contributed by atoms with Crippen molar-refractivity contribution >= 4 is 60.6 Å². The lowest BCUT2D eigenvalue weighted by molar-refractivity contribution is -0.391. The van der Waals surface area contributed by atoms with Gasteiger partial charge in [0.1, 0.15) is 11.9 Å².